The summed E-state index contributed by atoms with van der Waals surface area (Å²) in [6.45, 7) is 0.334. The van der Waals surface area contributed by atoms with Gasteiger partial charge in [0, 0.05) is 18.2 Å². The number of amides is 2. The summed E-state index contributed by atoms with van der Waals surface area (Å²) in [6.07, 6.45) is 6.99. The number of nitrogens with one attached hydrogen (secondary N) is 1. The van der Waals surface area contributed by atoms with E-state index in [4.69, 9.17) is 4.74 Å². The topological polar surface area (TPSA) is 58.6 Å². The van der Waals surface area contributed by atoms with Gasteiger partial charge in [-0.2, -0.15) is 0 Å². The molecule has 1 aliphatic heterocycles. The number of nitrogens with zero attached hydrogens (tertiary/aromatic N) is 1. The zero-order chi connectivity index (χ0) is 25.6. The van der Waals surface area contributed by atoms with Crippen molar-refractivity contribution in [2.24, 2.45) is 0 Å². The number of benzene rings is 3. The molecule has 5 nitrogen and oxygen atoms in total. The zero-order valence-electron chi connectivity index (χ0n) is 20.7. The molecular weight excluding hydrogens is 467 g/mol. The number of para-hydroxylation sites is 1. The first-order chi connectivity index (χ1) is 18.1. The summed E-state index contributed by atoms with van der Waals surface area (Å²) in [5.41, 5.74) is 2.75. The van der Waals surface area contributed by atoms with Gasteiger partial charge in [0.05, 0.1) is 5.57 Å². The Balaban J connectivity index is 1.53. The van der Waals surface area contributed by atoms with Crippen LogP contribution in [0.1, 0.15) is 54.8 Å². The molecule has 6 heteroatoms. The maximum atomic E-state index is 14.1. The van der Waals surface area contributed by atoms with E-state index in [2.05, 4.69) is 5.32 Å². The van der Waals surface area contributed by atoms with E-state index in [1.54, 1.807) is 17.0 Å². The number of fused-ring (bicyclic) bond motifs is 1. The highest BCUT2D eigenvalue weighted by atomic mass is 19.1. The van der Waals surface area contributed by atoms with Crippen LogP contribution >= 0.6 is 0 Å². The maximum Gasteiger partial charge on any atom is 0.254 e. The van der Waals surface area contributed by atoms with Crippen LogP contribution in [0.25, 0.3) is 6.08 Å². The maximum absolute atomic E-state index is 14.1. The largest absolute Gasteiger partial charge is 0.488 e. The van der Waals surface area contributed by atoms with Gasteiger partial charge >= 0.3 is 0 Å². The van der Waals surface area contributed by atoms with Gasteiger partial charge in [-0.15, -0.1) is 0 Å². The molecule has 0 saturated heterocycles. The van der Waals surface area contributed by atoms with Crippen molar-refractivity contribution in [2.75, 3.05) is 6.61 Å². The van der Waals surface area contributed by atoms with Gasteiger partial charge < -0.3 is 15.0 Å². The molecule has 1 fully saturated rings. The van der Waals surface area contributed by atoms with E-state index in [9.17, 15) is 14.0 Å². The zero-order valence-corrected chi connectivity index (χ0v) is 20.7. The Morgan fingerprint density at radius 1 is 0.919 bits per heavy atom. The molecule has 0 aromatic heterocycles. The summed E-state index contributed by atoms with van der Waals surface area (Å²) < 4.78 is 19.7. The van der Waals surface area contributed by atoms with Gasteiger partial charge in [-0.1, -0.05) is 79.9 Å². The number of hydrogen-bond donors (Lipinski definition) is 1. The average Bonchev–Trinajstić information content (AvgIpc) is 2.94. The molecule has 1 saturated carbocycles. The number of halogens is 1. The van der Waals surface area contributed by atoms with Crippen molar-refractivity contribution >= 4 is 17.9 Å². The summed E-state index contributed by atoms with van der Waals surface area (Å²) in [5.74, 6) is -0.207. The van der Waals surface area contributed by atoms with Crippen molar-refractivity contribution in [2.45, 2.75) is 50.7 Å². The molecule has 5 rings (SSSR count). The van der Waals surface area contributed by atoms with Crippen LogP contribution in [0.2, 0.25) is 0 Å². The van der Waals surface area contributed by atoms with E-state index in [1.807, 2.05) is 60.7 Å². The van der Waals surface area contributed by atoms with Gasteiger partial charge in [0.15, 0.2) is 0 Å². The fourth-order valence-electron chi connectivity index (χ4n) is 5.13. The van der Waals surface area contributed by atoms with Gasteiger partial charge in [0.25, 0.3) is 5.91 Å². The number of carbonyl (C=O) groups is 2. The van der Waals surface area contributed by atoms with Crippen LogP contribution in [0, 0.1) is 5.82 Å². The minimum atomic E-state index is -0.923. The van der Waals surface area contributed by atoms with E-state index >= 15 is 0 Å². The van der Waals surface area contributed by atoms with E-state index in [1.165, 1.54) is 18.6 Å². The Hall–Kier alpha value is -3.93. The highest BCUT2D eigenvalue weighted by molar-refractivity contribution is 6.01. The van der Waals surface area contributed by atoms with Crippen LogP contribution in [0.5, 0.6) is 5.75 Å². The SMILES string of the molecule is O=C(NC1CCCCC1)C(c1ccc(F)cc1)N(Cc1ccccc1)C(=O)C1=Cc2ccccc2OC1. The van der Waals surface area contributed by atoms with Gasteiger partial charge in [-0.3, -0.25) is 9.59 Å². The fourth-order valence-corrected chi connectivity index (χ4v) is 5.13. The molecule has 0 radical (unpaired) electrons. The lowest BCUT2D eigenvalue weighted by Crippen LogP contribution is -2.47. The Morgan fingerprint density at radius 2 is 1.62 bits per heavy atom. The number of rotatable bonds is 7. The van der Waals surface area contributed by atoms with Crippen molar-refractivity contribution in [1.29, 1.82) is 0 Å². The van der Waals surface area contributed by atoms with E-state index in [-0.39, 0.29) is 31.0 Å². The molecule has 2 aliphatic rings. The fraction of sp³-hybridized carbons (Fsp3) is 0.290. The standard InChI is InChI=1S/C31H31FN2O3/c32-26-17-15-23(16-18-26)29(30(35)33-27-12-5-2-6-13-27)34(20-22-9-3-1-4-10-22)31(36)25-19-24-11-7-8-14-28(24)37-21-25/h1,3-4,7-11,14-19,27,29H,2,5-6,12-13,20-21H2,(H,33,35). The molecule has 3 aromatic carbocycles. The summed E-state index contributed by atoms with van der Waals surface area (Å²) in [7, 11) is 0. The Morgan fingerprint density at radius 3 is 2.38 bits per heavy atom. The van der Waals surface area contributed by atoms with E-state index in [0.29, 0.717) is 11.1 Å². The molecule has 0 spiro atoms. The minimum Gasteiger partial charge on any atom is -0.488 e. The highest BCUT2D eigenvalue weighted by Gasteiger charge is 2.35. The van der Waals surface area contributed by atoms with Gasteiger partial charge in [-0.05, 0) is 48.2 Å². The number of hydrogen-bond acceptors (Lipinski definition) is 3. The molecule has 190 valence electrons. The molecule has 1 heterocycles. The van der Waals surface area contributed by atoms with E-state index < -0.39 is 11.9 Å². The Bertz CT molecular complexity index is 1270. The third kappa shape index (κ3) is 5.91. The van der Waals surface area contributed by atoms with Crippen LogP contribution in [0.15, 0.2) is 84.4 Å². The molecular formula is C31H31FN2O3. The summed E-state index contributed by atoms with van der Waals surface area (Å²) in [6, 6.07) is 22.1. The summed E-state index contributed by atoms with van der Waals surface area (Å²) in [4.78, 5) is 29.6. The molecule has 1 atom stereocenters. The van der Waals surface area contributed by atoms with Crippen molar-refractivity contribution in [1.82, 2.24) is 10.2 Å². The molecule has 1 N–H and O–H groups in total. The lowest BCUT2D eigenvalue weighted by atomic mass is 9.94. The first-order valence-electron chi connectivity index (χ1n) is 12.9. The molecule has 3 aromatic rings. The predicted molar refractivity (Wildman–Crippen MR) is 141 cm³/mol. The number of carbonyl (C=O) groups excluding carboxylic acids is 2. The van der Waals surface area contributed by atoms with Crippen LogP contribution in [0.3, 0.4) is 0 Å². The van der Waals surface area contributed by atoms with Crippen LogP contribution < -0.4 is 10.1 Å². The third-order valence-electron chi connectivity index (χ3n) is 7.06. The first kappa shape index (κ1) is 24.8. The van der Waals surface area contributed by atoms with Crippen molar-refractivity contribution in [3.8, 4) is 5.75 Å². The van der Waals surface area contributed by atoms with Gasteiger partial charge in [0.1, 0.15) is 24.2 Å². The van der Waals surface area contributed by atoms with Gasteiger partial charge in [0.2, 0.25) is 5.91 Å². The molecule has 1 unspecified atom stereocenters. The Labute approximate surface area is 217 Å². The average molecular weight is 499 g/mol. The third-order valence-corrected chi connectivity index (χ3v) is 7.06. The van der Waals surface area contributed by atoms with Crippen LogP contribution in [-0.4, -0.2) is 29.4 Å². The second-order valence-electron chi connectivity index (χ2n) is 9.71. The number of ether oxygens (including phenoxy) is 1. The quantitative estimate of drug-likeness (QED) is 0.447. The lowest BCUT2D eigenvalue weighted by Gasteiger charge is -2.34. The molecule has 2 amide bonds. The van der Waals surface area contributed by atoms with Crippen molar-refractivity contribution < 1.29 is 18.7 Å². The lowest BCUT2D eigenvalue weighted by molar-refractivity contribution is -0.139. The van der Waals surface area contributed by atoms with Crippen molar-refractivity contribution in [3.63, 3.8) is 0 Å². The molecule has 1 aliphatic carbocycles. The van der Waals surface area contributed by atoms with Crippen molar-refractivity contribution in [3.05, 3.63) is 107 Å². The Kier molecular flexibility index (Phi) is 7.64. The minimum absolute atomic E-state index is 0.0713. The van der Waals surface area contributed by atoms with E-state index in [0.717, 1.165) is 42.6 Å². The van der Waals surface area contributed by atoms with Gasteiger partial charge in [-0.25, -0.2) is 4.39 Å². The second-order valence-corrected chi connectivity index (χ2v) is 9.71. The van der Waals surface area contributed by atoms with Crippen LogP contribution in [-0.2, 0) is 16.1 Å². The smallest absolute Gasteiger partial charge is 0.254 e. The van der Waals surface area contributed by atoms with Crippen LogP contribution in [0.4, 0.5) is 4.39 Å². The molecule has 37 heavy (non-hydrogen) atoms. The second kappa shape index (κ2) is 11.4. The normalized spacial score (nSPS) is 16.1. The first-order valence-corrected chi connectivity index (χ1v) is 12.9. The highest BCUT2D eigenvalue weighted by Crippen LogP contribution is 2.31. The summed E-state index contributed by atoms with van der Waals surface area (Å²) >= 11 is 0. The summed E-state index contributed by atoms with van der Waals surface area (Å²) in [5, 5.41) is 3.19. The predicted octanol–water partition coefficient (Wildman–Crippen LogP) is 5.82. The monoisotopic (exact) mass is 498 g/mol. The molecule has 0 bridgehead atoms.